The van der Waals surface area contributed by atoms with Gasteiger partial charge in [-0.15, -0.1) is 0 Å². The Morgan fingerprint density at radius 2 is 2.22 bits per heavy atom. The van der Waals surface area contributed by atoms with Gasteiger partial charge in [-0.05, 0) is 25.1 Å². The average Bonchev–Trinajstić information content (AvgIpc) is 3.13. The monoisotopic (exact) mass is 314 g/mol. The summed E-state index contributed by atoms with van der Waals surface area (Å²) < 4.78 is 1.59. The van der Waals surface area contributed by atoms with Gasteiger partial charge in [0.2, 0.25) is 5.95 Å². The Bertz CT molecular complexity index is 897. The summed E-state index contributed by atoms with van der Waals surface area (Å²) >= 11 is 0. The number of hydrogen-bond acceptors (Lipinski definition) is 4. The molecule has 0 saturated heterocycles. The molecule has 0 aliphatic rings. The number of aromatic carboxylic acids is 1. The molecule has 3 aromatic rings. The number of nitrogens with one attached hydrogen (secondary N) is 1. The molecule has 23 heavy (non-hydrogen) atoms. The predicted octanol–water partition coefficient (Wildman–Crippen LogP) is 1.35. The maximum Gasteiger partial charge on any atom is 0.356 e. The number of carboxylic acids is 1. The van der Waals surface area contributed by atoms with Crippen LogP contribution in [-0.2, 0) is 0 Å². The summed E-state index contributed by atoms with van der Waals surface area (Å²) in [5.74, 6) is -0.724. The average molecular weight is 314 g/mol. The van der Waals surface area contributed by atoms with Gasteiger partial charge in [0.15, 0.2) is 5.69 Å². The molecule has 0 spiro atoms. The van der Waals surface area contributed by atoms with Crippen LogP contribution in [-0.4, -0.2) is 43.2 Å². The second kappa shape index (κ2) is 5.44. The molecule has 2 heterocycles. The molecular formula is C14H14N6O3. The van der Waals surface area contributed by atoms with Gasteiger partial charge < -0.3 is 20.4 Å². The summed E-state index contributed by atoms with van der Waals surface area (Å²) in [6, 6.07) is 4.74. The van der Waals surface area contributed by atoms with Crippen molar-refractivity contribution in [3.05, 3.63) is 36.4 Å². The van der Waals surface area contributed by atoms with Crippen LogP contribution in [0.2, 0.25) is 0 Å². The Kier molecular flexibility index (Phi) is 3.45. The zero-order valence-electron chi connectivity index (χ0n) is 12.2. The number of carbonyl (C=O) groups is 2. The molecule has 0 fully saturated rings. The van der Waals surface area contributed by atoms with E-state index in [-0.39, 0.29) is 5.69 Å². The summed E-state index contributed by atoms with van der Waals surface area (Å²) in [4.78, 5) is 34.8. The van der Waals surface area contributed by atoms with E-state index in [4.69, 9.17) is 10.8 Å². The highest BCUT2D eigenvalue weighted by molar-refractivity contribution is 5.91. The van der Waals surface area contributed by atoms with Gasteiger partial charge in [-0.25, -0.2) is 19.6 Å². The normalized spacial score (nSPS) is 10.8. The molecule has 0 saturated carbocycles. The minimum Gasteiger partial charge on any atom is -0.476 e. The van der Waals surface area contributed by atoms with Crippen LogP contribution in [0.3, 0.4) is 0 Å². The summed E-state index contributed by atoms with van der Waals surface area (Å²) in [6.45, 7) is 2.19. The lowest BCUT2D eigenvalue weighted by Crippen LogP contribution is -2.36. The van der Waals surface area contributed by atoms with Crippen LogP contribution in [0.25, 0.3) is 16.7 Å². The first kappa shape index (κ1) is 14.6. The van der Waals surface area contributed by atoms with E-state index in [1.165, 1.54) is 17.4 Å². The number of nitrogens with two attached hydrogens (primary N) is 1. The Labute approximate surface area is 130 Å². The van der Waals surface area contributed by atoms with Crippen LogP contribution < -0.4 is 10.6 Å². The molecule has 0 radical (unpaired) electrons. The molecule has 1 aromatic carbocycles. The van der Waals surface area contributed by atoms with Gasteiger partial charge >= 0.3 is 12.0 Å². The third kappa shape index (κ3) is 2.59. The van der Waals surface area contributed by atoms with Gasteiger partial charge in [0, 0.05) is 18.4 Å². The van der Waals surface area contributed by atoms with E-state index < -0.39 is 12.0 Å². The molecule has 0 aliphatic carbocycles. The first-order valence-electron chi connectivity index (χ1n) is 6.84. The van der Waals surface area contributed by atoms with Gasteiger partial charge in [0.05, 0.1) is 11.0 Å². The fourth-order valence-electron chi connectivity index (χ4n) is 2.26. The Morgan fingerprint density at radius 3 is 2.83 bits per heavy atom. The van der Waals surface area contributed by atoms with Crippen LogP contribution in [0.4, 0.5) is 10.7 Å². The van der Waals surface area contributed by atoms with Crippen molar-refractivity contribution < 1.29 is 14.7 Å². The zero-order valence-corrected chi connectivity index (χ0v) is 12.2. The highest BCUT2D eigenvalue weighted by Gasteiger charge is 2.15. The van der Waals surface area contributed by atoms with E-state index in [2.05, 4.69) is 15.0 Å². The number of amides is 2. The smallest absolute Gasteiger partial charge is 0.356 e. The van der Waals surface area contributed by atoms with Crippen molar-refractivity contribution in [3.63, 3.8) is 0 Å². The van der Waals surface area contributed by atoms with E-state index in [1.54, 1.807) is 29.7 Å². The molecule has 0 aliphatic heterocycles. The van der Waals surface area contributed by atoms with Crippen molar-refractivity contribution in [1.82, 2.24) is 19.5 Å². The number of fused-ring (bicyclic) bond motifs is 1. The second-order valence-corrected chi connectivity index (χ2v) is 4.82. The van der Waals surface area contributed by atoms with E-state index in [1.807, 2.05) is 0 Å². The van der Waals surface area contributed by atoms with Crippen LogP contribution in [0.5, 0.6) is 0 Å². The Balaban J connectivity index is 2.01. The van der Waals surface area contributed by atoms with Crippen LogP contribution in [0.1, 0.15) is 17.4 Å². The third-order valence-electron chi connectivity index (χ3n) is 3.39. The summed E-state index contributed by atoms with van der Waals surface area (Å²) in [7, 11) is 0. The zero-order chi connectivity index (χ0) is 16.6. The van der Waals surface area contributed by atoms with Gasteiger partial charge in [0.1, 0.15) is 6.33 Å². The number of anilines is 1. The highest BCUT2D eigenvalue weighted by atomic mass is 16.4. The van der Waals surface area contributed by atoms with Gasteiger partial charge in [0.25, 0.3) is 0 Å². The number of urea groups is 1. The van der Waals surface area contributed by atoms with E-state index in [0.29, 0.717) is 23.5 Å². The van der Waals surface area contributed by atoms with Gasteiger partial charge in [-0.1, -0.05) is 0 Å². The van der Waals surface area contributed by atoms with Crippen LogP contribution in [0, 0.1) is 0 Å². The van der Waals surface area contributed by atoms with Crippen LogP contribution >= 0.6 is 0 Å². The first-order valence-corrected chi connectivity index (χ1v) is 6.84. The largest absolute Gasteiger partial charge is 0.476 e. The van der Waals surface area contributed by atoms with Crippen molar-refractivity contribution in [2.75, 3.05) is 11.4 Å². The lowest BCUT2D eigenvalue weighted by Gasteiger charge is -2.13. The molecule has 2 amide bonds. The SMILES string of the molecule is CCN(C(N)=O)c1nc2ccc(-n3cnc(C(=O)O)c3)cc2[nH]1. The number of imidazole rings is 2. The summed E-state index contributed by atoms with van der Waals surface area (Å²) in [5.41, 5.74) is 7.35. The molecule has 9 nitrogen and oxygen atoms in total. The number of primary amides is 1. The third-order valence-corrected chi connectivity index (χ3v) is 3.39. The lowest BCUT2D eigenvalue weighted by molar-refractivity contribution is 0.0691. The molecule has 9 heteroatoms. The number of benzene rings is 1. The number of aromatic nitrogens is 4. The summed E-state index contributed by atoms with van der Waals surface area (Å²) in [6.07, 6.45) is 2.84. The minimum atomic E-state index is -1.09. The van der Waals surface area contributed by atoms with Gasteiger partial charge in [-0.3, -0.25) is 4.90 Å². The van der Waals surface area contributed by atoms with Crippen molar-refractivity contribution in [2.45, 2.75) is 6.92 Å². The van der Waals surface area contributed by atoms with E-state index >= 15 is 0 Å². The molecule has 3 rings (SSSR count). The van der Waals surface area contributed by atoms with E-state index in [9.17, 15) is 9.59 Å². The maximum atomic E-state index is 11.4. The topological polar surface area (TPSA) is 130 Å². The molecule has 0 atom stereocenters. The maximum absolute atomic E-state index is 11.4. The lowest BCUT2D eigenvalue weighted by atomic mass is 10.3. The highest BCUT2D eigenvalue weighted by Crippen LogP contribution is 2.20. The number of hydrogen-bond donors (Lipinski definition) is 3. The fraction of sp³-hybridized carbons (Fsp3) is 0.143. The Morgan fingerprint density at radius 1 is 1.43 bits per heavy atom. The van der Waals surface area contributed by atoms with Crippen molar-refractivity contribution >= 4 is 29.0 Å². The molecule has 4 N–H and O–H groups in total. The number of aromatic amines is 1. The second-order valence-electron chi connectivity index (χ2n) is 4.82. The number of H-pyrrole nitrogens is 1. The van der Waals surface area contributed by atoms with Gasteiger partial charge in [-0.2, -0.15) is 0 Å². The van der Waals surface area contributed by atoms with E-state index in [0.717, 1.165) is 5.69 Å². The molecular weight excluding hydrogens is 300 g/mol. The standard InChI is InChI=1S/C14H14N6O3/c1-2-20(13(15)23)14-17-9-4-3-8(5-10(9)18-14)19-6-11(12(21)22)16-7-19/h3-7H,2H2,1H3,(H2,15,23)(H,17,18)(H,21,22). The van der Waals surface area contributed by atoms with Crippen molar-refractivity contribution in [2.24, 2.45) is 5.73 Å². The fourth-order valence-corrected chi connectivity index (χ4v) is 2.26. The molecule has 0 unspecified atom stereocenters. The minimum absolute atomic E-state index is 0.0405. The van der Waals surface area contributed by atoms with Crippen molar-refractivity contribution in [3.8, 4) is 5.69 Å². The number of rotatable bonds is 4. The predicted molar refractivity (Wildman–Crippen MR) is 82.8 cm³/mol. The molecule has 0 bridgehead atoms. The number of carboxylic acid groups (broad SMARTS) is 1. The molecule has 2 aromatic heterocycles. The molecule has 118 valence electrons. The quantitative estimate of drug-likeness (QED) is 0.669. The van der Waals surface area contributed by atoms with Crippen molar-refractivity contribution in [1.29, 1.82) is 0 Å². The first-order chi connectivity index (χ1) is 11.0. The number of nitrogens with zero attached hydrogens (tertiary/aromatic N) is 4. The van der Waals surface area contributed by atoms with Crippen LogP contribution in [0.15, 0.2) is 30.7 Å². The summed E-state index contributed by atoms with van der Waals surface area (Å²) in [5, 5.41) is 8.92. The Hall–Kier alpha value is -3.36. The number of carbonyl (C=O) groups excluding carboxylic acids is 1.